The molecule has 12 heavy (non-hydrogen) atoms. The average Bonchev–Trinajstić information content (AvgIpc) is 2.09. The number of carbonyl (C=O) groups is 1. The second-order valence-electron chi connectivity index (χ2n) is 2.49. The molecule has 0 aliphatic heterocycles. The zero-order chi connectivity index (χ0) is 8.97. The quantitative estimate of drug-likeness (QED) is 0.492. The molecule has 0 N–H and O–H groups in total. The first-order valence-electron chi connectivity index (χ1n) is 3.69. The molecule has 2 nitrogen and oxygen atoms in total. The maximum absolute atomic E-state index is 10.2. The van der Waals surface area contributed by atoms with Gasteiger partial charge in [0.05, 0.1) is 12.0 Å². The number of allylic oxidation sites excluding steroid dienone is 4. The predicted octanol–water partition coefficient (Wildman–Crippen LogP) is 1.81. The minimum atomic E-state index is 0.440. The lowest BCUT2D eigenvalue weighted by molar-refractivity contribution is -0.107. The van der Waals surface area contributed by atoms with Gasteiger partial charge in [-0.3, -0.25) is 0 Å². The van der Waals surface area contributed by atoms with Crippen LogP contribution in [0.1, 0.15) is 12.8 Å². The maximum Gasteiger partial charge on any atom is 0.133 e. The van der Waals surface area contributed by atoms with Crippen molar-refractivity contribution in [3.05, 3.63) is 23.5 Å². The summed E-state index contributed by atoms with van der Waals surface area (Å²) in [5.74, 6) is 0.712. The van der Waals surface area contributed by atoms with Crippen molar-refractivity contribution in [3.63, 3.8) is 0 Å². The summed E-state index contributed by atoms with van der Waals surface area (Å²) in [6.45, 7) is 0. The minimum absolute atomic E-state index is 0.440. The molecule has 64 valence electrons. The Labute approximate surface area is 76.9 Å². The number of thiocarbonyl (C=S) groups is 1. The van der Waals surface area contributed by atoms with E-state index in [-0.39, 0.29) is 0 Å². The van der Waals surface area contributed by atoms with Crippen LogP contribution in [0, 0.1) is 0 Å². The molecule has 0 saturated heterocycles. The summed E-state index contributed by atoms with van der Waals surface area (Å²) in [6.07, 6.45) is 5.80. The molecule has 0 amide bonds. The maximum atomic E-state index is 10.2. The van der Waals surface area contributed by atoms with E-state index in [0.717, 1.165) is 16.7 Å². The van der Waals surface area contributed by atoms with Gasteiger partial charge in [-0.05, 0) is 11.6 Å². The van der Waals surface area contributed by atoms with Crippen LogP contribution in [-0.2, 0) is 9.53 Å². The molecule has 3 heteroatoms. The highest BCUT2D eigenvalue weighted by molar-refractivity contribution is 7.80. The van der Waals surface area contributed by atoms with E-state index < -0.39 is 0 Å². The third kappa shape index (κ3) is 2.01. The van der Waals surface area contributed by atoms with E-state index >= 15 is 0 Å². The van der Waals surface area contributed by atoms with Crippen LogP contribution < -0.4 is 0 Å². The fraction of sp³-hybridized carbons (Fsp3) is 0.333. The fourth-order valence-electron chi connectivity index (χ4n) is 1.04. The highest BCUT2D eigenvalue weighted by Gasteiger charge is 2.10. The van der Waals surface area contributed by atoms with E-state index in [1.54, 1.807) is 7.11 Å². The second kappa shape index (κ2) is 4.16. The van der Waals surface area contributed by atoms with Crippen molar-refractivity contribution < 1.29 is 9.53 Å². The molecule has 0 aromatic heterocycles. The zero-order valence-corrected chi connectivity index (χ0v) is 7.69. The van der Waals surface area contributed by atoms with Crippen molar-refractivity contribution in [2.75, 3.05) is 7.11 Å². The Bertz CT molecular complexity index is 264. The van der Waals surface area contributed by atoms with Gasteiger partial charge in [-0.15, -0.1) is 0 Å². The summed E-state index contributed by atoms with van der Waals surface area (Å²) in [7, 11) is 1.59. The molecule has 0 aromatic carbocycles. The van der Waals surface area contributed by atoms with Crippen LogP contribution in [0.5, 0.6) is 0 Å². The van der Waals surface area contributed by atoms with Gasteiger partial charge in [-0.1, -0.05) is 18.3 Å². The smallest absolute Gasteiger partial charge is 0.133 e. The summed E-state index contributed by atoms with van der Waals surface area (Å²) in [5, 5.41) is 0. The normalized spacial score (nSPS) is 16.6. The molecule has 1 aliphatic rings. The van der Waals surface area contributed by atoms with Crippen LogP contribution in [0.15, 0.2) is 23.5 Å². The molecule has 0 aromatic rings. The van der Waals surface area contributed by atoms with Crippen molar-refractivity contribution in [1.82, 2.24) is 0 Å². The molecular weight excluding hydrogens is 172 g/mol. The van der Waals surface area contributed by atoms with Gasteiger partial charge >= 0.3 is 0 Å². The predicted molar refractivity (Wildman–Crippen MR) is 51.1 cm³/mol. The van der Waals surface area contributed by atoms with Crippen molar-refractivity contribution >= 4 is 23.4 Å². The summed E-state index contributed by atoms with van der Waals surface area (Å²) in [6, 6.07) is 0. The summed E-state index contributed by atoms with van der Waals surface area (Å²) in [5.41, 5.74) is 0.982. The van der Waals surface area contributed by atoms with E-state index in [4.69, 9.17) is 17.0 Å². The summed E-state index contributed by atoms with van der Waals surface area (Å²) in [4.78, 5) is 11.0. The van der Waals surface area contributed by atoms with Crippen molar-refractivity contribution in [1.29, 1.82) is 0 Å². The Morgan fingerprint density at radius 3 is 3.08 bits per heavy atom. The second-order valence-corrected chi connectivity index (χ2v) is 2.98. The Morgan fingerprint density at radius 1 is 1.75 bits per heavy atom. The van der Waals surface area contributed by atoms with Crippen molar-refractivity contribution in [3.8, 4) is 0 Å². The number of aldehydes is 1. The largest absolute Gasteiger partial charge is 0.496 e. The fourth-order valence-corrected chi connectivity index (χ4v) is 1.27. The van der Waals surface area contributed by atoms with Crippen LogP contribution in [0.4, 0.5) is 0 Å². The topological polar surface area (TPSA) is 26.3 Å². The van der Waals surface area contributed by atoms with Crippen LogP contribution in [0.3, 0.4) is 0 Å². The van der Waals surface area contributed by atoms with Crippen LogP contribution in [0.2, 0.25) is 0 Å². The van der Waals surface area contributed by atoms with E-state index in [0.29, 0.717) is 18.6 Å². The highest BCUT2D eigenvalue weighted by Crippen LogP contribution is 2.17. The van der Waals surface area contributed by atoms with Crippen LogP contribution in [-0.4, -0.2) is 18.3 Å². The lowest BCUT2D eigenvalue weighted by Gasteiger charge is -2.11. The summed E-state index contributed by atoms with van der Waals surface area (Å²) >= 11 is 5.04. The SMILES string of the molecule is COC1=CC(CC=O)=CCC1=S. The van der Waals surface area contributed by atoms with Crippen molar-refractivity contribution in [2.45, 2.75) is 12.8 Å². The first kappa shape index (κ1) is 9.13. The Kier molecular flexibility index (Phi) is 3.17. The number of hydrogen-bond acceptors (Lipinski definition) is 3. The van der Waals surface area contributed by atoms with Gasteiger partial charge in [0.25, 0.3) is 0 Å². The molecule has 0 heterocycles. The number of methoxy groups -OCH3 is 1. The first-order valence-corrected chi connectivity index (χ1v) is 4.10. The molecule has 0 saturated carbocycles. The Balaban J connectivity index is 2.76. The number of carbonyl (C=O) groups excluding carboxylic acids is 1. The lowest BCUT2D eigenvalue weighted by Crippen LogP contribution is -2.05. The Morgan fingerprint density at radius 2 is 2.50 bits per heavy atom. The summed E-state index contributed by atoms with van der Waals surface area (Å²) < 4.78 is 5.04. The van der Waals surface area contributed by atoms with Crippen LogP contribution >= 0.6 is 12.2 Å². The molecular formula is C9H10O2S. The third-order valence-electron chi connectivity index (χ3n) is 1.68. The number of rotatable bonds is 3. The standard InChI is InChI=1S/C9H10O2S/c1-11-8-6-7(4-5-10)2-3-9(8)12/h2,5-6H,3-4H2,1H3. The molecule has 1 rings (SSSR count). The van der Waals surface area contributed by atoms with E-state index in [2.05, 4.69) is 0 Å². The van der Waals surface area contributed by atoms with Gasteiger partial charge in [-0.2, -0.15) is 0 Å². The van der Waals surface area contributed by atoms with Gasteiger partial charge < -0.3 is 9.53 Å². The molecule has 0 unspecified atom stereocenters. The van der Waals surface area contributed by atoms with Crippen LogP contribution in [0.25, 0.3) is 0 Å². The van der Waals surface area contributed by atoms with Gasteiger partial charge in [0.15, 0.2) is 0 Å². The van der Waals surface area contributed by atoms with E-state index in [1.165, 1.54) is 0 Å². The van der Waals surface area contributed by atoms with E-state index in [1.807, 2.05) is 12.2 Å². The van der Waals surface area contributed by atoms with Gasteiger partial charge in [0, 0.05) is 12.8 Å². The number of ether oxygens (including phenoxy) is 1. The monoisotopic (exact) mass is 182 g/mol. The van der Waals surface area contributed by atoms with Gasteiger partial charge in [-0.25, -0.2) is 0 Å². The third-order valence-corrected chi connectivity index (χ3v) is 2.05. The Hall–Kier alpha value is -0.960. The molecule has 0 bridgehead atoms. The number of hydrogen-bond donors (Lipinski definition) is 0. The van der Waals surface area contributed by atoms with Crippen molar-refractivity contribution in [2.24, 2.45) is 0 Å². The molecule has 0 spiro atoms. The molecule has 0 fully saturated rings. The van der Waals surface area contributed by atoms with Gasteiger partial charge in [0.2, 0.25) is 0 Å². The molecule has 0 radical (unpaired) electrons. The zero-order valence-electron chi connectivity index (χ0n) is 6.87. The molecule has 1 aliphatic carbocycles. The van der Waals surface area contributed by atoms with Gasteiger partial charge in [0.1, 0.15) is 12.0 Å². The molecule has 0 atom stereocenters. The average molecular weight is 182 g/mol. The minimum Gasteiger partial charge on any atom is -0.496 e. The van der Waals surface area contributed by atoms with E-state index in [9.17, 15) is 4.79 Å². The lowest BCUT2D eigenvalue weighted by atomic mass is 10.0. The first-order chi connectivity index (χ1) is 5.77. The highest BCUT2D eigenvalue weighted by atomic mass is 32.1.